The number of aryl methyl sites for hydroxylation is 2. The van der Waals surface area contributed by atoms with Crippen molar-refractivity contribution in [2.75, 3.05) is 6.61 Å². The van der Waals surface area contributed by atoms with E-state index < -0.39 is 5.97 Å². The lowest BCUT2D eigenvalue weighted by Gasteiger charge is -2.12. The molecule has 0 unspecified atom stereocenters. The van der Waals surface area contributed by atoms with Crippen molar-refractivity contribution >= 4 is 5.97 Å². The van der Waals surface area contributed by atoms with Gasteiger partial charge in [0.2, 0.25) is 0 Å². The number of carboxylic acid groups (broad SMARTS) is 1. The van der Waals surface area contributed by atoms with Crippen LogP contribution >= 0.6 is 0 Å². The number of ether oxygens (including phenoxy) is 2. The van der Waals surface area contributed by atoms with Crippen molar-refractivity contribution < 1.29 is 23.9 Å². The molecule has 0 atom stereocenters. The van der Waals surface area contributed by atoms with Crippen molar-refractivity contribution in [3.05, 3.63) is 64.9 Å². The monoisotopic (exact) mass is 395 g/mol. The van der Waals surface area contributed by atoms with Crippen molar-refractivity contribution in [1.82, 2.24) is 5.16 Å². The largest absolute Gasteiger partial charge is 0.489 e. The first-order valence-corrected chi connectivity index (χ1v) is 9.49. The Labute approximate surface area is 170 Å². The smallest absolute Gasteiger partial charge is 0.341 e. The molecule has 0 saturated heterocycles. The van der Waals surface area contributed by atoms with Gasteiger partial charge in [0.15, 0.2) is 6.61 Å². The zero-order chi connectivity index (χ0) is 21.0. The van der Waals surface area contributed by atoms with Crippen molar-refractivity contribution in [3.63, 3.8) is 0 Å². The van der Waals surface area contributed by atoms with Gasteiger partial charge in [0.05, 0.1) is 5.56 Å². The summed E-state index contributed by atoms with van der Waals surface area (Å²) in [5.41, 5.74) is 5.08. The van der Waals surface area contributed by atoms with Gasteiger partial charge in [-0.1, -0.05) is 37.2 Å². The number of rotatable bonds is 8. The standard InChI is InChI=1S/C23H25NO5/c1-14(2)23-19(22(24-29-23)21-15(3)6-5-7-16(21)4)12-27-17-8-10-18(11-9-17)28-13-20(25)26/h5-11,14H,12-13H2,1-4H3,(H,25,26). The molecule has 29 heavy (non-hydrogen) atoms. The van der Waals surface area contributed by atoms with E-state index in [0.717, 1.165) is 33.7 Å². The molecule has 0 saturated carbocycles. The van der Waals surface area contributed by atoms with Crippen LogP contribution in [0, 0.1) is 13.8 Å². The van der Waals surface area contributed by atoms with E-state index in [2.05, 4.69) is 45.0 Å². The Morgan fingerprint density at radius 3 is 2.17 bits per heavy atom. The zero-order valence-corrected chi connectivity index (χ0v) is 17.1. The highest BCUT2D eigenvalue weighted by Gasteiger charge is 2.22. The maximum atomic E-state index is 10.6. The molecule has 6 heteroatoms. The second-order valence-electron chi connectivity index (χ2n) is 7.24. The Bertz CT molecular complexity index is 969. The fraction of sp³-hybridized carbons (Fsp3) is 0.304. The summed E-state index contributed by atoms with van der Waals surface area (Å²) in [5.74, 6) is 1.09. The van der Waals surface area contributed by atoms with Crippen LogP contribution in [-0.4, -0.2) is 22.8 Å². The molecule has 0 radical (unpaired) electrons. The van der Waals surface area contributed by atoms with Crippen LogP contribution < -0.4 is 9.47 Å². The van der Waals surface area contributed by atoms with Crippen molar-refractivity contribution in [3.8, 4) is 22.8 Å². The van der Waals surface area contributed by atoms with Crippen LogP contribution in [0.25, 0.3) is 11.3 Å². The topological polar surface area (TPSA) is 81.8 Å². The Balaban J connectivity index is 1.83. The van der Waals surface area contributed by atoms with Gasteiger partial charge in [0, 0.05) is 11.5 Å². The summed E-state index contributed by atoms with van der Waals surface area (Å²) < 4.78 is 16.8. The van der Waals surface area contributed by atoms with Crippen molar-refractivity contribution in [2.45, 2.75) is 40.2 Å². The Kier molecular flexibility index (Phi) is 6.22. The second kappa shape index (κ2) is 8.82. The van der Waals surface area contributed by atoms with Crippen molar-refractivity contribution in [1.29, 1.82) is 0 Å². The highest BCUT2D eigenvalue weighted by molar-refractivity contribution is 5.70. The molecule has 0 aliphatic carbocycles. The van der Waals surface area contributed by atoms with Gasteiger partial charge in [-0.3, -0.25) is 0 Å². The fourth-order valence-electron chi connectivity index (χ4n) is 3.23. The minimum Gasteiger partial charge on any atom is -0.489 e. The highest BCUT2D eigenvalue weighted by Crippen LogP contribution is 2.34. The first-order chi connectivity index (χ1) is 13.9. The highest BCUT2D eigenvalue weighted by atomic mass is 16.5. The summed E-state index contributed by atoms with van der Waals surface area (Å²) >= 11 is 0. The van der Waals surface area contributed by atoms with Crippen LogP contribution in [-0.2, 0) is 11.4 Å². The van der Waals surface area contributed by atoms with E-state index in [9.17, 15) is 4.79 Å². The van der Waals surface area contributed by atoms with Crippen LogP contribution in [0.3, 0.4) is 0 Å². The number of nitrogens with zero attached hydrogens (tertiary/aromatic N) is 1. The van der Waals surface area contributed by atoms with Gasteiger partial charge in [0.25, 0.3) is 0 Å². The summed E-state index contributed by atoms with van der Waals surface area (Å²) in [4.78, 5) is 10.6. The summed E-state index contributed by atoms with van der Waals surface area (Å²) in [6.07, 6.45) is 0. The summed E-state index contributed by atoms with van der Waals surface area (Å²) in [6.45, 7) is 8.19. The Hall–Kier alpha value is -3.28. The van der Waals surface area contributed by atoms with Crippen molar-refractivity contribution in [2.24, 2.45) is 0 Å². The summed E-state index contributed by atoms with van der Waals surface area (Å²) in [6, 6.07) is 13.0. The molecule has 152 valence electrons. The van der Waals surface area contributed by atoms with Gasteiger partial charge < -0.3 is 19.1 Å². The van der Waals surface area contributed by atoms with Gasteiger partial charge in [-0.05, 0) is 49.2 Å². The molecule has 3 rings (SSSR count). The summed E-state index contributed by atoms with van der Waals surface area (Å²) in [5, 5.41) is 13.1. The molecular formula is C23H25NO5. The van der Waals surface area contributed by atoms with E-state index in [1.165, 1.54) is 0 Å². The van der Waals surface area contributed by atoms with Gasteiger partial charge >= 0.3 is 5.97 Å². The van der Waals surface area contributed by atoms with Gasteiger partial charge in [-0.15, -0.1) is 0 Å². The van der Waals surface area contributed by atoms with E-state index >= 15 is 0 Å². The molecule has 0 amide bonds. The van der Waals surface area contributed by atoms with E-state index in [1.54, 1.807) is 24.3 Å². The molecule has 1 N–H and O–H groups in total. The van der Waals surface area contributed by atoms with E-state index in [-0.39, 0.29) is 12.5 Å². The third-order valence-corrected chi connectivity index (χ3v) is 4.63. The average Bonchev–Trinajstić information content (AvgIpc) is 3.09. The number of benzene rings is 2. The number of hydrogen-bond acceptors (Lipinski definition) is 5. The number of aromatic nitrogens is 1. The number of hydrogen-bond donors (Lipinski definition) is 1. The number of aliphatic carboxylic acids is 1. The molecule has 0 spiro atoms. The van der Waals surface area contributed by atoms with E-state index in [4.69, 9.17) is 19.1 Å². The first-order valence-electron chi connectivity index (χ1n) is 9.49. The number of carboxylic acids is 1. The molecule has 6 nitrogen and oxygen atoms in total. The fourth-order valence-corrected chi connectivity index (χ4v) is 3.23. The minimum atomic E-state index is -1.02. The number of carbonyl (C=O) groups is 1. The summed E-state index contributed by atoms with van der Waals surface area (Å²) in [7, 11) is 0. The lowest BCUT2D eigenvalue weighted by Crippen LogP contribution is -2.09. The van der Waals surface area contributed by atoms with Crippen LogP contribution in [0.15, 0.2) is 47.0 Å². The third kappa shape index (κ3) is 4.77. The normalized spacial score (nSPS) is 10.9. The molecule has 0 aliphatic heterocycles. The molecule has 1 heterocycles. The first kappa shape index (κ1) is 20.5. The molecule has 0 aliphatic rings. The molecular weight excluding hydrogens is 370 g/mol. The minimum absolute atomic E-state index is 0.172. The maximum Gasteiger partial charge on any atom is 0.341 e. The third-order valence-electron chi connectivity index (χ3n) is 4.63. The van der Waals surface area contributed by atoms with E-state index in [1.807, 2.05) is 6.07 Å². The molecule has 0 bridgehead atoms. The lowest BCUT2D eigenvalue weighted by molar-refractivity contribution is -0.139. The SMILES string of the molecule is Cc1cccc(C)c1-c1noc(C(C)C)c1COc1ccc(OCC(=O)O)cc1. The Morgan fingerprint density at radius 1 is 1.03 bits per heavy atom. The predicted molar refractivity (Wildman–Crippen MR) is 109 cm³/mol. The maximum absolute atomic E-state index is 10.6. The molecule has 0 fully saturated rings. The average molecular weight is 395 g/mol. The van der Waals surface area contributed by atoms with E-state index in [0.29, 0.717) is 18.1 Å². The molecule has 3 aromatic rings. The van der Waals surface area contributed by atoms with Gasteiger partial charge in [-0.25, -0.2) is 4.79 Å². The quantitative estimate of drug-likeness (QED) is 0.570. The second-order valence-corrected chi connectivity index (χ2v) is 7.24. The molecule has 1 aromatic heterocycles. The molecule has 2 aromatic carbocycles. The van der Waals surface area contributed by atoms with Crippen LogP contribution in [0.4, 0.5) is 0 Å². The lowest BCUT2D eigenvalue weighted by atomic mass is 9.95. The predicted octanol–water partition coefficient (Wildman–Crippen LogP) is 5.12. The van der Waals surface area contributed by atoms with Crippen LogP contribution in [0.2, 0.25) is 0 Å². The van der Waals surface area contributed by atoms with Gasteiger partial charge in [-0.2, -0.15) is 0 Å². The Morgan fingerprint density at radius 2 is 1.62 bits per heavy atom. The van der Waals surface area contributed by atoms with Crippen LogP contribution in [0.1, 0.15) is 42.2 Å². The van der Waals surface area contributed by atoms with Crippen LogP contribution in [0.5, 0.6) is 11.5 Å². The van der Waals surface area contributed by atoms with Gasteiger partial charge in [0.1, 0.15) is 29.6 Å². The zero-order valence-electron chi connectivity index (χ0n) is 17.1.